The van der Waals surface area contributed by atoms with E-state index < -0.39 is 0 Å². The molecule has 0 aliphatic rings. The van der Waals surface area contributed by atoms with Crippen molar-refractivity contribution < 1.29 is 0 Å². The van der Waals surface area contributed by atoms with Gasteiger partial charge < -0.3 is 11.1 Å². The third-order valence-electron chi connectivity index (χ3n) is 2.36. The number of nitrogens with one attached hydrogen (secondary N) is 1. The van der Waals surface area contributed by atoms with Gasteiger partial charge in [-0.25, -0.2) is 0 Å². The maximum absolute atomic E-state index is 5.40. The first kappa shape index (κ1) is 11.5. The molecule has 0 amide bonds. The summed E-state index contributed by atoms with van der Waals surface area (Å²) in [6.07, 6.45) is 1.86. The van der Waals surface area contributed by atoms with Crippen LogP contribution in [0.3, 0.4) is 0 Å². The van der Waals surface area contributed by atoms with Gasteiger partial charge in [0.15, 0.2) is 5.11 Å². The van der Waals surface area contributed by atoms with Gasteiger partial charge in [-0.15, -0.1) is 0 Å². The summed E-state index contributed by atoms with van der Waals surface area (Å²) in [5.74, 6) is 0. The molecule has 1 aromatic heterocycles. The van der Waals surface area contributed by atoms with Crippen molar-refractivity contribution in [2.75, 3.05) is 5.32 Å². The molecule has 0 unspecified atom stereocenters. The standard InChI is InChI=1S/C13H13N3S/c1-9-2-7-12(15-8-9)10-3-5-11(6-4-10)16-13(14)17/h2-8H,1H3,(H3,14,16,17). The lowest BCUT2D eigenvalue weighted by Gasteiger charge is -2.05. The number of thiocarbonyl (C=S) groups is 1. The van der Waals surface area contributed by atoms with Crippen LogP contribution in [0.2, 0.25) is 0 Å². The third-order valence-corrected chi connectivity index (χ3v) is 2.46. The number of benzene rings is 1. The average Bonchev–Trinajstić information content (AvgIpc) is 2.30. The lowest BCUT2D eigenvalue weighted by atomic mass is 10.1. The Kier molecular flexibility index (Phi) is 3.35. The molecule has 0 radical (unpaired) electrons. The molecule has 0 saturated heterocycles. The van der Waals surface area contributed by atoms with E-state index in [2.05, 4.69) is 10.3 Å². The van der Waals surface area contributed by atoms with E-state index in [-0.39, 0.29) is 5.11 Å². The topological polar surface area (TPSA) is 50.9 Å². The van der Waals surface area contributed by atoms with E-state index in [9.17, 15) is 0 Å². The largest absolute Gasteiger partial charge is 0.376 e. The smallest absolute Gasteiger partial charge is 0.168 e. The highest BCUT2D eigenvalue weighted by Crippen LogP contribution is 2.19. The predicted octanol–water partition coefficient (Wildman–Crippen LogP) is 2.71. The van der Waals surface area contributed by atoms with Crippen molar-refractivity contribution in [1.29, 1.82) is 0 Å². The van der Waals surface area contributed by atoms with Gasteiger partial charge in [0.2, 0.25) is 0 Å². The van der Waals surface area contributed by atoms with E-state index in [4.69, 9.17) is 18.0 Å². The summed E-state index contributed by atoms with van der Waals surface area (Å²) in [6, 6.07) is 11.9. The Morgan fingerprint density at radius 1 is 1.18 bits per heavy atom. The van der Waals surface area contributed by atoms with Crippen molar-refractivity contribution in [1.82, 2.24) is 4.98 Å². The zero-order valence-electron chi connectivity index (χ0n) is 9.47. The van der Waals surface area contributed by atoms with Gasteiger partial charge in [0.25, 0.3) is 0 Å². The highest BCUT2D eigenvalue weighted by atomic mass is 32.1. The monoisotopic (exact) mass is 243 g/mol. The molecule has 3 nitrogen and oxygen atoms in total. The maximum atomic E-state index is 5.40. The fraction of sp³-hybridized carbons (Fsp3) is 0.0769. The Morgan fingerprint density at radius 3 is 2.41 bits per heavy atom. The molecule has 86 valence electrons. The second-order valence-corrected chi connectivity index (χ2v) is 4.23. The van der Waals surface area contributed by atoms with Crippen LogP contribution in [0.15, 0.2) is 42.6 Å². The molecule has 0 aliphatic carbocycles. The van der Waals surface area contributed by atoms with Gasteiger partial charge in [-0.2, -0.15) is 0 Å². The molecule has 17 heavy (non-hydrogen) atoms. The van der Waals surface area contributed by atoms with Crippen molar-refractivity contribution >= 4 is 23.0 Å². The quantitative estimate of drug-likeness (QED) is 0.796. The van der Waals surface area contributed by atoms with Crippen molar-refractivity contribution in [2.24, 2.45) is 5.73 Å². The minimum absolute atomic E-state index is 0.270. The van der Waals surface area contributed by atoms with Crippen molar-refractivity contribution in [3.05, 3.63) is 48.2 Å². The number of pyridine rings is 1. The van der Waals surface area contributed by atoms with Gasteiger partial charge in [0.05, 0.1) is 5.69 Å². The van der Waals surface area contributed by atoms with Crippen molar-refractivity contribution in [3.8, 4) is 11.3 Å². The van der Waals surface area contributed by atoms with E-state index in [1.54, 1.807) is 0 Å². The molecule has 0 saturated carbocycles. The first-order valence-corrected chi connectivity index (χ1v) is 5.65. The Balaban J connectivity index is 2.23. The Morgan fingerprint density at radius 2 is 1.88 bits per heavy atom. The van der Waals surface area contributed by atoms with Gasteiger partial charge in [0, 0.05) is 17.4 Å². The molecule has 4 heteroatoms. The predicted molar refractivity (Wildman–Crippen MR) is 74.8 cm³/mol. The minimum atomic E-state index is 0.270. The number of hydrogen-bond donors (Lipinski definition) is 2. The molecule has 0 spiro atoms. The highest BCUT2D eigenvalue weighted by molar-refractivity contribution is 7.80. The summed E-state index contributed by atoms with van der Waals surface area (Å²) in [5, 5.41) is 3.15. The van der Waals surface area contributed by atoms with Crippen LogP contribution in [0.25, 0.3) is 11.3 Å². The van der Waals surface area contributed by atoms with E-state index in [0.717, 1.165) is 22.5 Å². The first-order valence-electron chi connectivity index (χ1n) is 5.25. The van der Waals surface area contributed by atoms with Crippen LogP contribution in [-0.4, -0.2) is 10.1 Å². The van der Waals surface area contributed by atoms with Crippen LogP contribution < -0.4 is 11.1 Å². The molecule has 0 fully saturated rings. The van der Waals surface area contributed by atoms with Gasteiger partial charge in [-0.3, -0.25) is 4.98 Å². The van der Waals surface area contributed by atoms with Crippen LogP contribution in [0.5, 0.6) is 0 Å². The first-order chi connectivity index (χ1) is 8.15. The number of anilines is 1. The molecular formula is C13H13N3S. The summed E-state index contributed by atoms with van der Waals surface area (Å²) in [5.41, 5.74) is 9.46. The molecule has 3 N–H and O–H groups in total. The molecule has 1 aromatic carbocycles. The number of aromatic nitrogens is 1. The fourth-order valence-electron chi connectivity index (χ4n) is 1.51. The Bertz CT molecular complexity index is 517. The highest BCUT2D eigenvalue weighted by Gasteiger charge is 1.99. The second kappa shape index (κ2) is 4.93. The van der Waals surface area contributed by atoms with Crippen molar-refractivity contribution in [2.45, 2.75) is 6.92 Å². The molecule has 1 heterocycles. The van der Waals surface area contributed by atoms with E-state index in [0.29, 0.717) is 0 Å². The van der Waals surface area contributed by atoms with E-state index in [1.807, 2.05) is 49.5 Å². The third kappa shape index (κ3) is 3.01. The lowest BCUT2D eigenvalue weighted by molar-refractivity contribution is 1.27. The van der Waals surface area contributed by atoms with Gasteiger partial charge in [-0.1, -0.05) is 18.2 Å². The SMILES string of the molecule is Cc1ccc(-c2ccc(NC(N)=S)cc2)nc1. The zero-order chi connectivity index (χ0) is 12.3. The minimum Gasteiger partial charge on any atom is -0.376 e. The van der Waals surface area contributed by atoms with E-state index in [1.165, 1.54) is 0 Å². The van der Waals surface area contributed by atoms with Crippen LogP contribution in [0.1, 0.15) is 5.56 Å². The van der Waals surface area contributed by atoms with Gasteiger partial charge >= 0.3 is 0 Å². The van der Waals surface area contributed by atoms with Crippen LogP contribution in [-0.2, 0) is 0 Å². The zero-order valence-corrected chi connectivity index (χ0v) is 10.3. The Hall–Kier alpha value is -1.94. The molecule has 2 rings (SSSR count). The molecule has 0 atom stereocenters. The van der Waals surface area contributed by atoms with Crippen LogP contribution in [0.4, 0.5) is 5.69 Å². The normalized spacial score (nSPS) is 9.94. The van der Waals surface area contributed by atoms with Gasteiger partial charge in [-0.05, 0) is 42.9 Å². The van der Waals surface area contributed by atoms with Crippen LogP contribution in [0, 0.1) is 6.92 Å². The summed E-state index contributed by atoms with van der Waals surface area (Å²) >= 11 is 4.77. The van der Waals surface area contributed by atoms with Crippen molar-refractivity contribution in [3.63, 3.8) is 0 Å². The lowest BCUT2D eigenvalue weighted by Crippen LogP contribution is -2.18. The Labute approximate surface area is 106 Å². The number of aryl methyl sites for hydroxylation is 1. The summed E-state index contributed by atoms with van der Waals surface area (Å²) in [6.45, 7) is 2.02. The fourth-order valence-corrected chi connectivity index (χ4v) is 1.62. The molecule has 0 aliphatic heterocycles. The van der Waals surface area contributed by atoms with Crippen LogP contribution >= 0.6 is 12.2 Å². The molecule has 2 aromatic rings. The number of rotatable bonds is 2. The molecular weight excluding hydrogens is 230 g/mol. The number of nitrogens with two attached hydrogens (primary N) is 1. The average molecular weight is 243 g/mol. The summed E-state index contributed by atoms with van der Waals surface area (Å²) in [7, 11) is 0. The number of nitrogens with zero attached hydrogens (tertiary/aromatic N) is 1. The maximum Gasteiger partial charge on any atom is 0.168 e. The molecule has 0 bridgehead atoms. The number of hydrogen-bond acceptors (Lipinski definition) is 2. The van der Waals surface area contributed by atoms with E-state index >= 15 is 0 Å². The summed E-state index contributed by atoms with van der Waals surface area (Å²) in [4.78, 5) is 4.37. The van der Waals surface area contributed by atoms with Gasteiger partial charge in [0.1, 0.15) is 0 Å². The second-order valence-electron chi connectivity index (χ2n) is 3.79. The summed E-state index contributed by atoms with van der Waals surface area (Å²) < 4.78 is 0.